The fourth-order valence-electron chi connectivity index (χ4n) is 1.42. The molecule has 0 aliphatic rings. The Labute approximate surface area is 113 Å². The second-order valence-electron chi connectivity index (χ2n) is 4.11. The third-order valence-electron chi connectivity index (χ3n) is 2.58. The SMILES string of the molecule is CCN(CC(=O)N(C)C)S(=O)(=O)c1cccnc1N. The summed E-state index contributed by atoms with van der Waals surface area (Å²) >= 11 is 0. The number of amides is 1. The lowest BCUT2D eigenvalue weighted by molar-refractivity contribution is -0.128. The Bertz CT molecular complexity index is 557. The van der Waals surface area contributed by atoms with Crippen molar-refractivity contribution in [1.82, 2.24) is 14.2 Å². The molecule has 0 aliphatic carbocycles. The van der Waals surface area contributed by atoms with Crippen LogP contribution in [0.25, 0.3) is 0 Å². The Balaban J connectivity index is 3.10. The first-order valence-electron chi connectivity index (χ1n) is 5.71. The number of likely N-dealkylation sites (N-methyl/N-ethyl adjacent to an activating group) is 2. The Morgan fingerprint density at radius 3 is 2.53 bits per heavy atom. The molecule has 0 aromatic carbocycles. The molecule has 0 radical (unpaired) electrons. The van der Waals surface area contributed by atoms with Crippen LogP contribution in [0.5, 0.6) is 0 Å². The first kappa shape index (κ1) is 15.4. The lowest BCUT2D eigenvalue weighted by Crippen LogP contribution is -2.40. The van der Waals surface area contributed by atoms with Crippen LogP contribution in [-0.2, 0) is 14.8 Å². The number of nitrogen functional groups attached to an aromatic ring is 1. The number of hydrogen-bond donors (Lipinski definition) is 1. The van der Waals surface area contributed by atoms with Gasteiger partial charge in [0.05, 0.1) is 6.54 Å². The number of nitrogens with zero attached hydrogens (tertiary/aromatic N) is 3. The molecule has 2 N–H and O–H groups in total. The van der Waals surface area contributed by atoms with Gasteiger partial charge in [0.25, 0.3) is 0 Å². The van der Waals surface area contributed by atoms with Gasteiger partial charge in [0.1, 0.15) is 10.7 Å². The molecule has 1 amide bonds. The van der Waals surface area contributed by atoms with Gasteiger partial charge in [-0.1, -0.05) is 6.92 Å². The summed E-state index contributed by atoms with van der Waals surface area (Å²) in [6.07, 6.45) is 1.41. The predicted octanol–water partition coefficient (Wildman–Crippen LogP) is -0.237. The van der Waals surface area contributed by atoms with Gasteiger partial charge in [0.15, 0.2) is 0 Å². The van der Waals surface area contributed by atoms with E-state index in [9.17, 15) is 13.2 Å². The van der Waals surface area contributed by atoms with Crippen molar-refractivity contribution in [3.05, 3.63) is 18.3 Å². The van der Waals surface area contributed by atoms with E-state index in [1.54, 1.807) is 21.0 Å². The molecular weight excluding hydrogens is 268 g/mol. The number of hydrogen-bond acceptors (Lipinski definition) is 5. The zero-order valence-electron chi connectivity index (χ0n) is 11.2. The smallest absolute Gasteiger partial charge is 0.247 e. The number of sulfonamides is 1. The van der Waals surface area contributed by atoms with E-state index >= 15 is 0 Å². The molecule has 0 saturated heterocycles. The molecule has 106 valence electrons. The first-order valence-corrected chi connectivity index (χ1v) is 7.15. The maximum atomic E-state index is 12.4. The quantitative estimate of drug-likeness (QED) is 0.806. The number of rotatable bonds is 5. The van der Waals surface area contributed by atoms with E-state index in [4.69, 9.17) is 5.73 Å². The minimum atomic E-state index is -3.81. The van der Waals surface area contributed by atoms with Crippen LogP contribution in [0.15, 0.2) is 23.2 Å². The number of anilines is 1. The van der Waals surface area contributed by atoms with E-state index in [-0.39, 0.29) is 29.7 Å². The molecule has 0 fully saturated rings. The third-order valence-corrected chi connectivity index (χ3v) is 4.55. The van der Waals surface area contributed by atoms with Gasteiger partial charge in [-0.25, -0.2) is 13.4 Å². The second-order valence-corrected chi connectivity index (χ2v) is 6.01. The van der Waals surface area contributed by atoms with E-state index in [0.29, 0.717) is 0 Å². The van der Waals surface area contributed by atoms with Crippen molar-refractivity contribution in [2.45, 2.75) is 11.8 Å². The lowest BCUT2D eigenvalue weighted by Gasteiger charge is -2.22. The average molecular weight is 286 g/mol. The van der Waals surface area contributed by atoms with Gasteiger partial charge in [-0.05, 0) is 12.1 Å². The maximum Gasteiger partial charge on any atom is 0.247 e. The molecule has 1 rings (SSSR count). The number of aromatic nitrogens is 1. The molecule has 0 aliphatic heterocycles. The van der Waals surface area contributed by atoms with Gasteiger partial charge in [-0.3, -0.25) is 4.79 Å². The van der Waals surface area contributed by atoms with Crippen molar-refractivity contribution >= 4 is 21.7 Å². The highest BCUT2D eigenvalue weighted by atomic mass is 32.2. The average Bonchev–Trinajstić information content (AvgIpc) is 2.35. The van der Waals surface area contributed by atoms with Crippen molar-refractivity contribution in [2.24, 2.45) is 0 Å². The minimum Gasteiger partial charge on any atom is -0.383 e. The van der Waals surface area contributed by atoms with Gasteiger partial charge >= 0.3 is 0 Å². The van der Waals surface area contributed by atoms with Crippen molar-refractivity contribution < 1.29 is 13.2 Å². The van der Waals surface area contributed by atoms with E-state index in [0.717, 1.165) is 4.31 Å². The molecule has 0 unspecified atom stereocenters. The predicted molar refractivity (Wildman–Crippen MR) is 71.8 cm³/mol. The van der Waals surface area contributed by atoms with Crippen molar-refractivity contribution in [3.63, 3.8) is 0 Å². The number of carbonyl (C=O) groups excluding carboxylic acids is 1. The van der Waals surface area contributed by atoms with Gasteiger partial charge in [0, 0.05) is 26.8 Å². The fourth-order valence-corrected chi connectivity index (χ4v) is 2.89. The first-order chi connectivity index (χ1) is 8.80. The Morgan fingerprint density at radius 2 is 2.05 bits per heavy atom. The second kappa shape index (κ2) is 5.98. The third kappa shape index (κ3) is 3.42. The Hall–Kier alpha value is -1.67. The minimum absolute atomic E-state index is 0.0711. The van der Waals surface area contributed by atoms with Crippen LogP contribution in [0.3, 0.4) is 0 Å². The van der Waals surface area contributed by atoms with Crippen LogP contribution < -0.4 is 5.73 Å². The zero-order chi connectivity index (χ0) is 14.6. The van der Waals surface area contributed by atoms with Crippen LogP contribution in [0.1, 0.15) is 6.92 Å². The maximum absolute atomic E-state index is 12.4. The molecule has 1 aromatic heterocycles. The summed E-state index contributed by atoms with van der Waals surface area (Å²) in [5, 5.41) is 0. The van der Waals surface area contributed by atoms with Gasteiger partial charge in [-0.15, -0.1) is 0 Å². The van der Waals surface area contributed by atoms with E-state index < -0.39 is 10.0 Å². The van der Waals surface area contributed by atoms with Crippen LogP contribution in [0, 0.1) is 0 Å². The monoisotopic (exact) mass is 286 g/mol. The van der Waals surface area contributed by atoms with Crippen molar-refractivity contribution in [3.8, 4) is 0 Å². The largest absolute Gasteiger partial charge is 0.383 e. The molecule has 0 atom stereocenters. The lowest BCUT2D eigenvalue weighted by atomic mass is 10.5. The summed E-state index contributed by atoms with van der Waals surface area (Å²) in [7, 11) is -0.671. The van der Waals surface area contributed by atoms with Crippen molar-refractivity contribution in [1.29, 1.82) is 0 Å². The molecule has 1 aromatic rings. The van der Waals surface area contributed by atoms with Gasteiger partial charge in [-0.2, -0.15) is 4.31 Å². The van der Waals surface area contributed by atoms with E-state index in [1.807, 2.05) is 0 Å². The summed E-state index contributed by atoms with van der Waals surface area (Å²) in [5.74, 6) is -0.369. The van der Waals surface area contributed by atoms with E-state index in [2.05, 4.69) is 4.98 Å². The molecule has 1 heterocycles. The Morgan fingerprint density at radius 1 is 1.42 bits per heavy atom. The molecule has 19 heavy (non-hydrogen) atoms. The molecule has 0 spiro atoms. The van der Waals surface area contributed by atoms with Crippen molar-refractivity contribution in [2.75, 3.05) is 32.9 Å². The highest BCUT2D eigenvalue weighted by molar-refractivity contribution is 7.89. The van der Waals surface area contributed by atoms with Crippen LogP contribution >= 0.6 is 0 Å². The summed E-state index contributed by atoms with van der Waals surface area (Å²) in [6.45, 7) is 1.61. The zero-order valence-corrected chi connectivity index (χ0v) is 12.0. The molecular formula is C11H18N4O3S. The molecule has 7 nitrogen and oxygen atoms in total. The fraction of sp³-hybridized carbons (Fsp3) is 0.455. The van der Waals surface area contributed by atoms with Crippen LogP contribution in [0.2, 0.25) is 0 Å². The summed E-state index contributed by atoms with van der Waals surface area (Å²) in [4.78, 5) is 16.7. The van der Waals surface area contributed by atoms with Gasteiger partial charge in [0.2, 0.25) is 15.9 Å². The molecule has 8 heteroatoms. The summed E-state index contributed by atoms with van der Waals surface area (Å²) in [6, 6.07) is 2.87. The topological polar surface area (TPSA) is 96.6 Å². The number of pyridine rings is 1. The number of nitrogens with two attached hydrogens (primary N) is 1. The van der Waals surface area contributed by atoms with Gasteiger partial charge < -0.3 is 10.6 Å². The Kier molecular flexibility index (Phi) is 4.84. The number of carbonyl (C=O) groups is 1. The highest BCUT2D eigenvalue weighted by Gasteiger charge is 2.27. The van der Waals surface area contributed by atoms with Crippen LogP contribution in [-0.4, -0.2) is 55.7 Å². The summed E-state index contributed by atoms with van der Waals surface area (Å²) < 4.78 is 25.8. The standard InChI is InChI=1S/C11H18N4O3S/c1-4-15(8-10(16)14(2)3)19(17,18)9-6-5-7-13-11(9)12/h5-7H,4,8H2,1-3H3,(H2,12,13). The highest BCUT2D eigenvalue weighted by Crippen LogP contribution is 2.19. The molecule has 0 saturated carbocycles. The molecule has 0 bridgehead atoms. The van der Waals surface area contributed by atoms with E-state index in [1.165, 1.54) is 23.2 Å². The normalized spacial score (nSPS) is 11.6. The van der Waals surface area contributed by atoms with Crippen LogP contribution in [0.4, 0.5) is 5.82 Å². The summed E-state index contributed by atoms with van der Waals surface area (Å²) in [5.41, 5.74) is 5.58.